The van der Waals surface area contributed by atoms with Crippen LogP contribution >= 0.6 is 24.8 Å². The van der Waals surface area contributed by atoms with Gasteiger partial charge < -0.3 is 14.9 Å². The molecule has 0 spiro atoms. The summed E-state index contributed by atoms with van der Waals surface area (Å²) in [6.07, 6.45) is 6.97. The Labute approximate surface area is 333 Å². The van der Waals surface area contributed by atoms with Gasteiger partial charge in [-0.3, -0.25) is 0 Å². The van der Waals surface area contributed by atoms with Crippen molar-refractivity contribution >= 4 is 53.2 Å². The summed E-state index contributed by atoms with van der Waals surface area (Å²) in [5, 5.41) is 5.45. The number of benzene rings is 4. The van der Waals surface area contributed by atoms with Gasteiger partial charge in [-0.1, -0.05) is 133 Å². The van der Waals surface area contributed by atoms with E-state index in [1.807, 2.05) is 0 Å². The van der Waals surface area contributed by atoms with Crippen molar-refractivity contribution in [3.63, 3.8) is 0 Å². The molecule has 0 N–H and O–H groups in total. The second kappa shape index (κ2) is 20.7. The zero-order chi connectivity index (χ0) is 32.8. The Morgan fingerprint density at radius 3 is 1.64 bits per heavy atom. The van der Waals surface area contributed by atoms with Gasteiger partial charge in [0.15, 0.2) is 0 Å². The summed E-state index contributed by atoms with van der Waals surface area (Å²) in [6, 6.07) is 40.9. The van der Waals surface area contributed by atoms with Crippen molar-refractivity contribution in [1.82, 2.24) is 0 Å². The summed E-state index contributed by atoms with van der Waals surface area (Å²) in [6.45, 7) is 16.5. The molecular formula is C46H56Cl2SiZr-4. The van der Waals surface area contributed by atoms with Gasteiger partial charge in [-0.05, 0) is 52.3 Å². The van der Waals surface area contributed by atoms with E-state index in [1.54, 1.807) is 0 Å². The molecule has 0 aliphatic heterocycles. The second-order valence-corrected chi connectivity index (χ2v) is 14.4. The third-order valence-corrected chi connectivity index (χ3v) is 9.69. The van der Waals surface area contributed by atoms with E-state index in [-0.39, 0.29) is 45.1 Å². The number of hydrogen-bond acceptors (Lipinski definition) is 0. The molecule has 7 rings (SSSR count). The molecule has 1 aliphatic carbocycles. The minimum absolute atomic E-state index is 0. The molecule has 0 atom stereocenters. The molecule has 2 radical (unpaired) electrons. The standard InChI is InChI=1S/C22H23.C22H25.2CH3.2ClH.Si.Zr/c1-16-14-20-8-5-9-21(22(20)15-16)19-12-10-18(11-13-19)17-6-3-2-4-7-17;1-15(2)18-13-17-7-6-8-20(21(17)14-18)16-9-11-19(12-10-16)22(3,4)5;;;;;;/h5,8-15,17H,2-4,6-7H2,1H3;6-15H,1-5H3;2*1H3;2*1H;;/q4*-1;;;;. The second-order valence-electron chi connectivity index (χ2n) is 14.4. The van der Waals surface area contributed by atoms with Gasteiger partial charge in [0.25, 0.3) is 0 Å². The fourth-order valence-electron chi connectivity index (χ4n) is 7.00. The van der Waals surface area contributed by atoms with E-state index >= 15 is 0 Å². The summed E-state index contributed by atoms with van der Waals surface area (Å²) in [5.41, 5.74) is 11.2. The van der Waals surface area contributed by atoms with Gasteiger partial charge >= 0.3 is 30.2 Å². The molecule has 1 saturated carbocycles. The van der Waals surface area contributed by atoms with Crippen LogP contribution in [0.1, 0.15) is 101 Å². The fourth-order valence-corrected chi connectivity index (χ4v) is 7.00. The van der Waals surface area contributed by atoms with E-state index < -0.39 is 0 Å². The summed E-state index contributed by atoms with van der Waals surface area (Å²) in [7, 11) is 0. The molecule has 1 aliphatic rings. The van der Waals surface area contributed by atoms with Crippen LogP contribution in [0.5, 0.6) is 0 Å². The van der Waals surface area contributed by atoms with Crippen molar-refractivity contribution in [3.8, 4) is 22.3 Å². The maximum atomic E-state index is 3.06. The van der Waals surface area contributed by atoms with E-state index in [0.717, 1.165) is 5.92 Å². The SMILES string of the molecule is CC(C)c1cc2c(-c3ccc(C(C)(C)C)cc3)cccc2[cH-]1.Cc1cc2c(-c3ccc(C4CCCCC4)cc3)cccc2[cH-]1.Cl.Cl.[CH3-].[CH3-].[Si]=[Zr]. The molecule has 0 bridgehead atoms. The molecule has 0 aromatic heterocycles. The van der Waals surface area contributed by atoms with Crippen molar-refractivity contribution in [2.75, 3.05) is 0 Å². The van der Waals surface area contributed by atoms with Crippen LogP contribution < -0.4 is 0 Å². The monoisotopic (exact) mass is 796 g/mol. The third kappa shape index (κ3) is 10.9. The molecule has 0 heterocycles. The van der Waals surface area contributed by atoms with Gasteiger partial charge in [0.2, 0.25) is 0 Å². The normalized spacial score (nSPS) is 12.6. The Bertz CT molecular complexity index is 1860. The first-order chi connectivity index (χ1) is 22.2. The van der Waals surface area contributed by atoms with Crippen LogP contribution in [0.3, 0.4) is 0 Å². The zero-order valence-electron chi connectivity index (χ0n) is 31.4. The Hall–Kier alpha value is -2.22. The van der Waals surface area contributed by atoms with E-state index in [9.17, 15) is 0 Å². The van der Waals surface area contributed by atoms with Gasteiger partial charge in [-0.2, -0.15) is 12.1 Å². The first-order valence-electron chi connectivity index (χ1n) is 17.0. The van der Waals surface area contributed by atoms with Gasteiger partial charge in [0, 0.05) is 0 Å². The molecule has 0 amide bonds. The summed E-state index contributed by atoms with van der Waals surface area (Å²) in [5.74, 6) is 1.36. The van der Waals surface area contributed by atoms with Crippen LogP contribution in [0.25, 0.3) is 43.8 Å². The maximum absolute atomic E-state index is 3.06. The fraction of sp³-hybridized carbons (Fsp3) is 0.304. The molecule has 0 nitrogen and oxygen atoms in total. The number of halogens is 2. The Kier molecular flexibility index (Phi) is 19.0. The number of fused-ring (bicyclic) bond motifs is 2. The van der Waals surface area contributed by atoms with E-state index in [0.29, 0.717) is 5.92 Å². The van der Waals surface area contributed by atoms with Crippen molar-refractivity contribution in [3.05, 3.63) is 146 Å². The topological polar surface area (TPSA) is 0 Å². The first-order valence-corrected chi connectivity index (χ1v) is 21.2. The average molecular weight is 799 g/mol. The van der Waals surface area contributed by atoms with Crippen molar-refractivity contribution < 1.29 is 23.3 Å². The van der Waals surface area contributed by atoms with Gasteiger partial charge in [-0.25, -0.2) is 0 Å². The van der Waals surface area contributed by atoms with Gasteiger partial charge in [0.05, 0.1) is 0 Å². The van der Waals surface area contributed by atoms with Gasteiger partial charge in [0.1, 0.15) is 0 Å². The Morgan fingerprint density at radius 2 is 1.14 bits per heavy atom. The van der Waals surface area contributed by atoms with Crippen LogP contribution in [0.15, 0.2) is 109 Å². The first kappa shape index (κ1) is 45.8. The van der Waals surface area contributed by atoms with Crippen molar-refractivity contribution in [2.45, 2.75) is 90.9 Å². The van der Waals surface area contributed by atoms with Crippen LogP contribution in [0, 0.1) is 21.8 Å². The molecular weight excluding hydrogens is 743 g/mol. The molecule has 6 aromatic rings. The zero-order valence-corrected chi connectivity index (χ0v) is 36.5. The van der Waals surface area contributed by atoms with E-state index in [1.165, 1.54) is 121 Å². The summed E-state index contributed by atoms with van der Waals surface area (Å²) in [4.78, 5) is 0. The molecule has 266 valence electrons. The Balaban J connectivity index is 0.000000443. The van der Waals surface area contributed by atoms with Crippen LogP contribution in [0.2, 0.25) is 0 Å². The van der Waals surface area contributed by atoms with Crippen LogP contribution in [-0.2, 0) is 28.8 Å². The van der Waals surface area contributed by atoms with Crippen molar-refractivity contribution in [1.29, 1.82) is 0 Å². The quantitative estimate of drug-likeness (QED) is 0.123. The minimum atomic E-state index is 0. The molecule has 1 fully saturated rings. The van der Waals surface area contributed by atoms with Crippen LogP contribution in [-0.4, -0.2) is 6.88 Å². The van der Waals surface area contributed by atoms with Crippen LogP contribution in [0.4, 0.5) is 0 Å². The predicted octanol–water partition coefficient (Wildman–Crippen LogP) is 14.6. The summed E-state index contributed by atoms with van der Waals surface area (Å²) < 4.78 is 0. The molecule has 4 heteroatoms. The predicted molar refractivity (Wildman–Crippen MR) is 226 cm³/mol. The van der Waals surface area contributed by atoms with Gasteiger partial charge in [-0.15, -0.1) is 93.9 Å². The molecule has 50 heavy (non-hydrogen) atoms. The number of rotatable bonds is 4. The Morgan fingerprint density at radius 1 is 0.660 bits per heavy atom. The molecule has 0 saturated heterocycles. The average Bonchev–Trinajstić information content (AvgIpc) is 3.69. The molecule has 0 unspecified atom stereocenters. The van der Waals surface area contributed by atoms with Crippen molar-refractivity contribution in [2.24, 2.45) is 0 Å². The number of aryl methyl sites for hydroxylation is 1. The summed E-state index contributed by atoms with van der Waals surface area (Å²) >= 11 is 1.36. The third-order valence-electron chi connectivity index (χ3n) is 9.69. The molecule has 6 aromatic carbocycles. The van der Waals surface area contributed by atoms with E-state index in [4.69, 9.17) is 0 Å². The number of hydrogen-bond donors (Lipinski definition) is 0. The van der Waals surface area contributed by atoms with E-state index in [2.05, 4.69) is 158 Å².